The standard InChI is InChI=1S/C18H25N3O3/c1-18(2,3)24-17(22)19-11-13-7-8-15-14(10-13)20-12-21(15)16-6-4-5-9-23-16/h7-8,10,12,16H,4-6,9,11H2,1-3H3,(H,19,22). The molecule has 0 radical (unpaired) electrons. The van der Waals surface area contributed by atoms with E-state index in [-0.39, 0.29) is 6.23 Å². The highest BCUT2D eigenvalue weighted by Gasteiger charge is 2.18. The second kappa shape index (κ2) is 6.81. The minimum absolute atomic E-state index is 0.0782. The quantitative estimate of drug-likeness (QED) is 0.930. The number of aromatic nitrogens is 2. The molecule has 2 aromatic rings. The Bertz CT molecular complexity index is 712. The maximum Gasteiger partial charge on any atom is 0.407 e. The highest BCUT2D eigenvalue weighted by atomic mass is 16.6. The molecule has 1 fully saturated rings. The molecule has 6 nitrogen and oxygen atoms in total. The van der Waals surface area contributed by atoms with Crippen molar-refractivity contribution in [2.75, 3.05) is 6.61 Å². The first-order chi connectivity index (χ1) is 11.4. The molecular formula is C18H25N3O3. The van der Waals surface area contributed by atoms with Crippen LogP contribution in [0.5, 0.6) is 0 Å². The number of fused-ring (bicyclic) bond motifs is 1. The maximum absolute atomic E-state index is 11.7. The molecule has 24 heavy (non-hydrogen) atoms. The molecule has 0 bridgehead atoms. The van der Waals surface area contributed by atoms with E-state index in [9.17, 15) is 4.79 Å². The monoisotopic (exact) mass is 331 g/mol. The second-order valence-corrected chi connectivity index (χ2v) is 7.15. The zero-order valence-corrected chi connectivity index (χ0v) is 14.5. The molecule has 6 heteroatoms. The topological polar surface area (TPSA) is 65.4 Å². The number of amides is 1. The first-order valence-corrected chi connectivity index (χ1v) is 8.46. The Morgan fingerprint density at radius 3 is 2.96 bits per heavy atom. The van der Waals surface area contributed by atoms with Crippen LogP contribution in [0.2, 0.25) is 0 Å². The SMILES string of the molecule is CC(C)(C)OC(=O)NCc1ccc2c(c1)ncn2C1CCCCO1. The summed E-state index contributed by atoms with van der Waals surface area (Å²) >= 11 is 0. The van der Waals surface area contributed by atoms with E-state index in [2.05, 4.69) is 14.9 Å². The molecule has 130 valence electrons. The number of hydrogen-bond acceptors (Lipinski definition) is 4. The van der Waals surface area contributed by atoms with Crippen LogP contribution >= 0.6 is 0 Å². The molecule has 0 saturated carbocycles. The van der Waals surface area contributed by atoms with Crippen molar-refractivity contribution in [2.45, 2.75) is 58.4 Å². The molecule has 1 aliphatic heterocycles. The van der Waals surface area contributed by atoms with Gasteiger partial charge in [-0.05, 0) is 57.7 Å². The fourth-order valence-corrected chi connectivity index (χ4v) is 2.85. The minimum atomic E-state index is -0.493. The van der Waals surface area contributed by atoms with Crippen molar-refractivity contribution in [1.29, 1.82) is 0 Å². The predicted molar refractivity (Wildman–Crippen MR) is 91.6 cm³/mol. The van der Waals surface area contributed by atoms with E-state index in [4.69, 9.17) is 9.47 Å². The van der Waals surface area contributed by atoms with E-state index >= 15 is 0 Å². The highest BCUT2D eigenvalue weighted by molar-refractivity contribution is 5.76. The first-order valence-electron chi connectivity index (χ1n) is 8.46. The minimum Gasteiger partial charge on any atom is -0.444 e. The predicted octanol–water partition coefficient (Wildman–Crippen LogP) is 3.76. The molecule has 1 amide bonds. The summed E-state index contributed by atoms with van der Waals surface area (Å²) in [6.45, 7) is 6.76. The largest absolute Gasteiger partial charge is 0.444 e. The van der Waals surface area contributed by atoms with Crippen molar-refractivity contribution in [1.82, 2.24) is 14.9 Å². The summed E-state index contributed by atoms with van der Waals surface area (Å²) in [5.74, 6) is 0. The van der Waals surface area contributed by atoms with Crippen LogP contribution < -0.4 is 5.32 Å². The average Bonchev–Trinajstić information content (AvgIpc) is 2.95. The Balaban J connectivity index is 1.67. The van der Waals surface area contributed by atoms with Gasteiger partial charge in [0, 0.05) is 13.2 Å². The van der Waals surface area contributed by atoms with Crippen molar-refractivity contribution < 1.29 is 14.3 Å². The van der Waals surface area contributed by atoms with Gasteiger partial charge in [-0.15, -0.1) is 0 Å². The van der Waals surface area contributed by atoms with Gasteiger partial charge in [-0.3, -0.25) is 0 Å². The third kappa shape index (κ3) is 4.06. The molecule has 1 aromatic carbocycles. The Morgan fingerprint density at radius 2 is 2.25 bits per heavy atom. The van der Waals surface area contributed by atoms with Crippen LogP contribution in [0.1, 0.15) is 51.8 Å². The van der Waals surface area contributed by atoms with Gasteiger partial charge in [0.25, 0.3) is 0 Å². The average molecular weight is 331 g/mol. The number of carbonyl (C=O) groups is 1. The van der Waals surface area contributed by atoms with Crippen LogP contribution in [-0.4, -0.2) is 27.9 Å². The number of alkyl carbamates (subject to hydrolysis) is 1. The number of imidazole rings is 1. The summed E-state index contributed by atoms with van der Waals surface area (Å²) < 4.78 is 13.2. The summed E-state index contributed by atoms with van der Waals surface area (Å²) in [5.41, 5.74) is 2.46. The number of benzene rings is 1. The number of nitrogens with zero attached hydrogens (tertiary/aromatic N) is 2. The number of nitrogens with one attached hydrogen (secondary N) is 1. The summed E-state index contributed by atoms with van der Waals surface area (Å²) in [4.78, 5) is 16.2. The van der Waals surface area contributed by atoms with E-state index in [1.54, 1.807) is 0 Å². The normalized spacial score (nSPS) is 18.5. The zero-order valence-electron chi connectivity index (χ0n) is 14.5. The lowest BCUT2D eigenvalue weighted by Crippen LogP contribution is -2.32. The van der Waals surface area contributed by atoms with E-state index in [1.165, 1.54) is 6.42 Å². The van der Waals surface area contributed by atoms with Gasteiger partial charge >= 0.3 is 6.09 Å². The third-order valence-corrected chi connectivity index (χ3v) is 3.94. The maximum atomic E-state index is 11.7. The fraction of sp³-hybridized carbons (Fsp3) is 0.556. The van der Waals surface area contributed by atoms with Gasteiger partial charge < -0.3 is 19.4 Å². The smallest absolute Gasteiger partial charge is 0.407 e. The van der Waals surface area contributed by atoms with Crippen molar-refractivity contribution in [2.24, 2.45) is 0 Å². The highest BCUT2D eigenvalue weighted by Crippen LogP contribution is 2.26. The molecule has 1 aliphatic rings. The van der Waals surface area contributed by atoms with Crippen LogP contribution in [0.3, 0.4) is 0 Å². The lowest BCUT2D eigenvalue weighted by molar-refractivity contribution is -0.0295. The van der Waals surface area contributed by atoms with Gasteiger partial charge in [-0.25, -0.2) is 9.78 Å². The van der Waals surface area contributed by atoms with E-state index < -0.39 is 11.7 Å². The van der Waals surface area contributed by atoms with E-state index in [0.717, 1.165) is 36.0 Å². The molecule has 0 aliphatic carbocycles. The van der Waals surface area contributed by atoms with Crippen molar-refractivity contribution in [3.05, 3.63) is 30.1 Å². The van der Waals surface area contributed by atoms with Crippen LogP contribution in [0.25, 0.3) is 11.0 Å². The van der Waals surface area contributed by atoms with Crippen LogP contribution in [0.4, 0.5) is 4.79 Å². The van der Waals surface area contributed by atoms with Crippen LogP contribution in [-0.2, 0) is 16.0 Å². The molecule has 3 rings (SSSR count). The van der Waals surface area contributed by atoms with Gasteiger partial charge in [0.05, 0.1) is 17.4 Å². The van der Waals surface area contributed by atoms with Gasteiger partial charge in [0.15, 0.2) is 0 Å². The second-order valence-electron chi connectivity index (χ2n) is 7.15. The fourth-order valence-electron chi connectivity index (χ4n) is 2.85. The van der Waals surface area contributed by atoms with Crippen LogP contribution in [0, 0.1) is 0 Å². The number of rotatable bonds is 3. The number of ether oxygens (including phenoxy) is 2. The van der Waals surface area contributed by atoms with Gasteiger partial charge in [0.2, 0.25) is 0 Å². The number of carbonyl (C=O) groups excluding carboxylic acids is 1. The van der Waals surface area contributed by atoms with Crippen molar-refractivity contribution in [3.63, 3.8) is 0 Å². The number of hydrogen-bond donors (Lipinski definition) is 1. The molecule has 1 atom stereocenters. The van der Waals surface area contributed by atoms with Gasteiger partial charge in [0.1, 0.15) is 11.8 Å². The van der Waals surface area contributed by atoms with E-state index in [1.807, 2.05) is 45.3 Å². The molecule has 1 aromatic heterocycles. The lowest BCUT2D eigenvalue weighted by atomic mass is 10.1. The summed E-state index contributed by atoms with van der Waals surface area (Å²) in [6.07, 6.45) is 4.84. The molecular weight excluding hydrogens is 306 g/mol. The van der Waals surface area contributed by atoms with Crippen LogP contribution in [0.15, 0.2) is 24.5 Å². The van der Waals surface area contributed by atoms with Gasteiger partial charge in [-0.1, -0.05) is 6.07 Å². The van der Waals surface area contributed by atoms with Gasteiger partial charge in [-0.2, -0.15) is 0 Å². The summed E-state index contributed by atoms with van der Waals surface area (Å²) in [7, 11) is 0. The third-order valence-electron chi connectivity index (χ3n) is 3.94. The Kier molecular flexibility index (Phi) is 4.76. The molecule has 1 N–H and O–H groups in total. The Hall–Kier alpha value is -2.08. The zero-order chi connectivity index (χ0) is 17.2. The van der Waals surface area contributed by atoms with Crippen molar-refractivity contribution in [3.8, 4) is 0 Å². The molecule has 1 saturated heterocycles. The van der Waals surface area contributed by atoms with Crippen molar-refractivity contribution >= 4 is 17.1 Å². The first kappa shape index (κ1) is 16.8. The molecule has 1 unspecified atom stereocenters. The molecule has 0 spiro atoms. The Labute approximate surface area is 142 Å². The lowest BCUT2D eigenvalue weighted by Gasteiger charge is -2.24. The summed E-state index contributed by atoms with van der Waals surface area (Å²) in [6, 6.07) is 6.03. The summed E-state index contributed by atoms with van der Waals surface area (Å²) in [5, 5.41) is 2.77. The molecule has 2 heterocycles. The van der Waals surface area contributed by atoms with E-state index in [0.29, 0.717) is 6.54 Å². The Morgan fingerprint density at radius 1 is 1.42 bits per heavy atom.